The molecule has 6 nitrogen and oxygen atoms in total. The van der Waals surface area contributed by atoms with E-state index in [2.05, 4.69) is 10.0 Å². The van der Waals surface area contributed by atoms with Crippen LogP contribution in [0.3, 0.4) is 0 Å². The van der Waals surface area contributed by atoms with E-state index in [0.717, 1.165) is 23.4 Å². The van der Waals surface area contributed by atoms with Gasteiger partial charge in [-0.05, 0) is 60.2 Å². The minimum absolute atomic E-state index is 0.181. The van der Waals surface area contributed by atoms with Crippen molar-refractivity contribution >= 4 is 27.3 Å². The fourth-order valence-corrected chi connectivity index (χ4v) is 3.85. The van der Waals surface area contributed by atoms with E-state index in [0.29, 0.717) is 18.2 Å². The van der Waals surface area contributed by atoms with Gasteiger partial charge in [0.05, 0.1) is 4.90 Å². The van der Waals surface area contributed by atoms with Crippen LogP contribution in [0.25, 0.3) is 0 Å². The number of hydrogen-bond acceptors (Lipinski definition) is 4. The first-order chi connectivity index (χ1) is 14.7. The van der Waals surface area contributed by atoms with Gasteiger partial charge in [0.1, 0.15) is 0 Å². The first kappa shape index (κ1) is 22.2. The molecule has 0 spiro atoms. The lowest BCUT2D eigenvalue weighted by atomic mass is 10.1. The van der Waals surface area contributed by atoms with Crippen LogP contribution in [0.1, 0.15) is 15.9 Å². The van der Waals surface area contributed by atoms with Crippen LogP contribution >= 0.6 is 0 Å². The molecule has 0 aliphatic carbocycles. The van der Waals surface area contributed by atoms with E-state index in [1.165, 1.54) is 24.3 Å². The molecule has 2 N–H and O–H groups in total. The maximum Gasteiger partial charge on any atom is 0.261 e. The smallest absolute Gasteiger partial charge is 0.261 e. The number of amides is 1. The van der Waals surface area contributed by atoms with Gasteiger partial charge in [-0.3, -0.25) is 9.52 Å². The van der Waals surface area contributed by atoms with Crippen molar-refractivity contribution in [2.75, 3.05) is 23.7 Å². The van der Waals surface area contributed by atoms with Crippen LogP contribution < -0.4 is 14.9 Å². The molecule has 0 aliphatic heterocycles. The average molecular weight is 445 g/mol. The number of rotatable bonds is 7. The molecule has 31 heavy (non-hydrogen) atoms. The highest BCUT2D eigenvalue weighted by molar-refractivity contribution is 7.92. The second-order valence-electron chi connectivity index (χ2n) is 7.01. The highest BCUT2D eigenvalue weighted by atomic mass is 32.2. The van der Waals surface area contributed by atoms with Crippen molar-refractivity contribution in [2.24, 2.45) is 0 Å². The van der Waals surface area contributed by atoms with E-state index >= 15 is 0 Å². The first-order valence-electron chi connectivity index (χ1n) is 9.28. The highest BCUT2D eigenvalue weighted by Crippen LogP contribution is 2.19. The van der Waals surface area contributed by atoms with Gasteiger partial charge in [-0.1, -0.05) is 12.1 Å². The summed E-state index contributed by atoms with van der Waals surface area (Å²) < 4.78 is 53.3. The SMILES string of the molecule is CN(C)c1cccc(CNC(=O)c2ccc(NS(=O)(=O)c3ccc(F)c(F)c3)cc2)c1. The largest absolute Gasteiger partial charge is 0.378 e. The van der Waals surface area contributed by atoms with Crippen molar-refractivity contribution in [3.63, 3.8) is 0 Å². The number of benzene rings is 3. The van der Waals surface area contributed by atoms with Crippen LogP contribution in [0.5, 0.6) is 0 Å². The van der Waals surface area contributed by atoms with Gasteiger partial charge in [0.2, 0.25) is 0 Å². The molecular weight excluding hydrogens is 424 g/mol. The molecule has 0 radical (unpaired) electrons. The number of anilines is 2. The van der Waals surface area contributed by atoms with Crippen LogP contribution in [-0.2, 0) is 16.6 Å². The van der Waals surface area contributed by atoms with Crippen molar-refractivity contribution in [3.05, 3.63) is 89.5 Å². The Balaban J connectivity index is 1.64. The minimum Gasteiger partial charge on any atom is -0.378 e. The van der Waals surface area contributed by atoms with Gasteiger partial charge in [-0.2, -0.15) is 0 Å². The molecule has 0 aliphatic rings. The van der Waals surface area contributed by atoms with E-state index in [4.69, 9.17) is 0 Å². The Morgan fingerprint density at radius 1 is 0.935 bits per heavy atom. The first-order valence-corrected chi connectivity index (χ1v) is 10.8. The zero-order chi connectivity index (χ0) is 22.6. The number of halogens is 2. The molecular formula is C22H21F2N3O3S. The number of hydrogen-bond donors (Lipinski definition) is 2. The van der Waals surface area contributed by atoms with Crippen LogP contribution in [0.2, 0.25) is 0 Å². The van der Waals surface area contributed by atoms with Crippen molar-refractivity contribution in [1.29, 1.82) is 0 Å². The van der Waals surface area contributed by atoms with Crippen molar-refractivity contribution < 1.29 is 22.0 Å². The number of sulfonamides is 1. The third kappa shape index (κ3) is 5.58. The topological polar surface area (TPSA) is 78.5 Å². The van der Waals surface area contributed by atoms with E-state index in [9.17, 15) is 22.0 Å². The number of carbonyl (C=O) groups is 1. The zero-order valence-corrected chi connectivity index (χ0v) is 17.7. The number of nitrogens with one attached hydrogen (secondary N) is 2. The van der Waals surface area contributed by atoms with Gasteiger partial charge >= 0.3 is 0 Å². The molecule has 0 unspecified atom stereocenters. The molecule has 3 rings (SSSR count). The molecule has 0 fully saturated rings. The monoisotopic (exact) mass is 445 g/mol. The molecule has 9 heteroatoms. The van der Waals surface area contributed by atoms with E-state index in [-0.39, 0.29) is 11.6 Å². The summed E-state index contributed by atoms with van der Waals surface area (Å²) in [6, 6.07) is 15.8. The zero-order valence-electron chi connectivity index (χ0n) is 16.9. The Bertz CT molecular complexity index is 1200. The molecule has 0 saturated carbocycles. The van der Waals surface area contributed by atoms with Gasteiger partial charge < -0.3 is 10.2 Å². The van der Waals surface area contributed by atoms with Crippen molar-refractivity contribution in [1.82, 2.24) is 5.32 Å². The quantitative estimate of drug-likeness (QED) is 0.581. The number of nitrogens with zero attached hydrogens (tertiary/aromatic N) is 1. The summed E-state index contributed by atoms with van der Waals surface area (Å²) in [5.41, 5.74) is 2.49. The molecule has 1 amide bonds. The van der Waals surface area contributed by atoms with E-state index in [1.54, 1.807) is 0 Å². The second-order valence-corrected chi connectivity index (χ2v) is 8.69. The number of carbonyl (C=O) groups excluding carboxylic acids is 1. The lowest BCUT2D eigenvalue weighted by Crippen LogP contribution is -2.23. The van der Waals surface area contributed by atoms with Crippen LogP contribution in [0.4, 0.5) is 20.2 Å². The second kappa shape index (κ2) is 9.13. The van der Waals surface area contributed by atoms with Gasteiger partial charge in [0.15, 0.2) is 11.6 Å². The summed E-state index contributed by atoms with van der Waals surface area (Å²) in [6.07, 6.45) is 0. The lowest BCUT2D eigenvalue weighted by Gasteiger charge is -2.14. The third-order valence-corrected chi connectivity index (χ3v) is 5.86. The van der Waals surface area contributed by atoms with Crippen molar-refractivity contribution in [3.8, 4) is 0 Å². The molecule has 0 bridgehead atoms. The van der Waals surface area contributed by atoms with E-state index < -0.39 is 26.6 Å². The van der Waals surface area contributed by atoms with Gasteiger partial charge in [-0.15, -0.1) is 0 Å². The summed E-state index contributed by atoms with van der Waals surface area (Å²) in [4.78, 5) is 13.9. The standard InChI is InChI=1S/C22H21F2N3O3S/c1-27(2)18-5-3-4-15(12-18)14-25-22(28)16-6-8-17(9-7-16)26-31(29,30)19-10-11-20(23)21(24)13-19/h3-13,26H,14H2,1-2H3,(H,25,28). The van der Waals surface area contributed by atoms with Gasteiger partial charge in [0.25, 0.3) is 15.9 Å². The third-order valence-electron chi connectivity index (χ3n) is 4.48. The van der Waals surface area contributed by atoms with Crippen LogP contribution in [-0.4, -0.2) is 28.4 Å². The molecule has 0 saturated heterocycles. The normalized spacial score (nSPS) is 11.1. The fourth-order valence-electron chi connectivity index (χ4n) is 2.78. The Morgan fingerprint density at radius 2 is 1.65 bits per heavy atom. The predicted molar refractivity (Wildman–Crippen MR) is 116 cm³/mol. The van der Waals surface area contributed by atoms with Crippen molar-refractivity contribution in [2.45, 2.75) is 11.4 Å². The highest BCUT2D eigenvalue weighted by Gasteiger charge is 2.17. The van der Waals surface area contributed by atoms with Crippen LogP contribution in [0, 0.1) is 11.6 Å². The maximum atomic E-state index is 13.3. The van der Waals surface area contributed by atoms with Gasteiger partial charge in [-0.25, -0.2) is 17.2 Å². The fraction of sp³-hybridized carbons (Fsp3) is 0.136. The molecule has 0 atom stereocenters. The Labute approximate surface area is 179 Å². The minimum atomic E-state index is -4.10. The Kier molecular flexibility index (Phi) is 6.55. The summed E-state index contributed by atoms with van der Waals surface area (Å²) in [7, 11) is -0.243. The van der Waals surface area contributed by atoms with E-state index in [1.807, 2.05) is 43.3 Å². The molecule has 0 aromatic heterocycles. The van der Waals surface area contributed by atoms with Crippen LogP contribution in [0.15, 0.2) is 71.6 Å². The van der Waals surface area contributed by atoms with Gasteiger partial charge in [0, 0.05) is 37.6 Å². The molecule has 3 aromatic carbocycles. The maximum absolute atomic E-state index is 13.3. The summed E-state index contributed by atoms with van der Waals surface area (Å²) in [5.74, 6) is -2.71. The Morgan fingerprint density at radius 3 is 2.29 bits per heavy atom. The summed E-state index contributed by atoms with van der Waals surface area (Å²) >= 11 is 0. The Hall–Kier alpha value is -3.46. The summed E-state index contributed by atoms with van der Waals surface area (Å²) in [6.45, 7) is 0.338. The molecule has 0 heterocycles. The predicted octanol–water partition coefficient (Wildman–Crippen LogP) is 3.76. The average Bonchev–Trinajstić information content (AvgIpc) is 2.74. The molecule has 162 valence electrons. The summed E-state index contributed by atoms with van der Waals surface area (Å²) in [5, 5.41) is 2.81. The molecule has 3 aromatic rings. The lowest BCUT2D eigenvalue weighted by molar-refractivity contribution is 0.0951.